The van der Waals surface area contributed by atoms with E-state index in [4.69, 9.17) is 4.74 Å². The van der Waals surface area contributed by atoms with E-state index in [0.717, 1.165) is 19.3 Å². The summed E-state index contributed by atoms with van der Waals surface area (Å²) in [4.78, 5) is 23.7. The first-order chi connectivity index (χ1) is 6.72. The Morgan fingerprint density at radius 1 is 1.00 bits per heavy atom. The molecule has 4 bridgehead atoms. The van der Waals surface area contributed by atoms with Crippen LogP contribution in [0.2, 0.25) is 0 Å². The summed E-state index contributed by atoms with van der Waals surface area (Å²) in [5.74, 6) is 1.12. The second-order valence-corrected chi connectivity index (χ2v) is 4.82. The Morgan fingerprint density at radius 3 is 1.93 bits per heavy atom. The standard InChI is InChI=1S/C11H14O3/c1-14-11-7-3-5-2-6(10(7)13)4-8(11)9(5)12/h5-8,11H,2-4H2,1H3. The van der Waals surface area contributed by atoms with Crippen molar-refractivity contribution in [1.29, 1.82) is 0 Å². The number of carbonyl (C=O) groups excluding carboxylic acids is 2. The molecule has 0 aromatic heterocycles. The SMILES string of the molecule is COC1C2CC3CC(CC1C3=O)C2=O. The maximum Gasteiger partial charge on any atom is 0.141 e. The lowest BCUT2D eigenvalue weighted by molar-refractivity contribution is -0.167. The molecular formula is C11H14O3. The third-order valence-electron chi connectivity index (χ3n) is 4.25. The van der Waals surface area contributed by atoms with Crippen molar-refractivity contribution in [1.82, 2.24) is 0 Å². The van der Waals surface area contributed by atoms with Gasteiger partial charge in [-0.05, 0) is 19.3 Å². The van der Waals surface area contributed by atoms with Crippen molar-refractivity contribution in [2.24, 2.45) is 23.7 Å². The summed E-state index contributed by atoms with van der Waals surface area (Å²) in [7, 11) is 1.62. The first-order valence-electron chi connectivity index (χ1n) is 5.32. The molecular weight excluding hydrogens is 180 g/mol. The van der Waals surface area contributed by atoms with Gasteiger partial charge in [0.1, 0.15) is 11.6 Å². The van der Waals surface area contributed by atoms with Gasteiger partial charge in [-0.25, -0.2) is 0 Å². The summed E-state index contributed by atoms with van der Waals surface area (Å²) >= 11 is 0. The van der Waals surface area contributed by atoms with Crippen LogP contribution in [0.4, 0.5) is 0 Å². The lowest BCUT2D eigenvalue weighted by Crippen LogP contribution is -2.59. The molecule has 0 N–H and O–H groups in total. The summed E-state index contributed by atoms with van der Waals surface area (Å²) in [5.41, 5.74) is 0. The molecule has 3 heteroatoms. The van der Waals surface area contributed by atoms with Crippen molar-refractivity contribution in [3.8, 4) is 0 Å². The average molecular weight is 194 g/mol. The normalized spacial score (nSPS) is 50.2. The lowest BCUT2D eigenvalue weighted by Gasteiger charge is -2.51. The highest BCUT2D eigenvalue weighted by Crippen LogP contribution is 2.50. The highest BCUT2D eigenvalue weighted by atomic mass is 16.5. The number of ether oxygens (including phenoxy) is 1. The monoisotopic (exact) mass is 194 g/mol. The minimum atomic E-state index is -0.109. The summed E-state index contributed by atoms with van der Waals surface area (Å²) in [6, 6.07) is 0. The molecule has 4 saturated carbocycles. The smallest absolute Gasteiger partial charge is 0.141 e. The fourth-order valence-corrected chi connectivity index (χ4v) is 3.65. The molecule has 4 unspecified atom stereocenters. The second-order valence-electron chi connectivity index (χ2n) is 4.82. The van der Waals surface area contributed by atoms with Crippen molar-refractivity contribution >= 4 is 11.6 Å². The fraction of sp³-hybridized carbons (Fsp3) is 0.818. The van der Waals surface area contributed by atoms with Crippen molar-refractivity contribution in [3.05, 3.63) is 0 Å². The van der Waals surface area contributed by atoms with Crippen molar-refractivity contribution in [2.45, 2.75) is 25.4 Å². The molecule has 4 atom stereocenters. The predicted octanol–water partition coefficient (Wildman–Crippen LogP) is 0.815. The van der Waals surface area contributed by atoms with Gasteiger partial charge in [0.2, 0.25) is 0 Å². The van der Waals surface area contributed by atoms with Crippen molar-refractivity contribution < 1.29 is 14.3 Å². The quantitative estimate of drug-likeness (QED) is 0.620. The number of hydrogen-bond donors (Lipinski definition) is 0. The van der Waals surface area contributed by atoms with E-state index in [2.05, 4.69) is 0 Å². The van der Waals surface area contributed by atoms with Gasteiger partial charge in [-0.1, -0.05) is 0 Å². The Labute approximate surface area is 82.8 Å². The molecule has 0 spiro atoms. The topological polar surface area (TPSA) is 43.4 Å². The van der Waals surface area contributed by atoms with E-state index in [1.54, 1.807) is 7.11 Å². The van der Waals surface area contributed by atoms with Crippen LogP contribution in [0.15, 0.2) is 0 Å². The van der Waals surface area contributed by atoms with Crippen LogP contribution in [0.25, 0.3) is 0 Å². The number of rotatable bonds is 1. The number of carbonyl (C=O) groups is 2. The van der Waals surface area contributed by atoms with Gasteiger partial charge in [-0.15, -0.1) is 0 Å². The van der Waals surface area contributed by atoms with Crippen molar-refractivity contribution in [2.75, 3.05) is 7.11 Å². The number of Topliss-reactive ketones (excluding diaryl/α,β-unsaturated/α-hetero) is 2. The minimum absolute atomic E-state index is 0.0280. The van der Waals surface area contributed by atoms with E-state index in [1.165, 1.54) is 0 Å². The van der Waals surface area contributed by atoms with E-state index in [9.17, 15) is 9.59 Å². The van der Waals surface area contributed by atoms with Gasteiger partial charge < -0.3 is 4.74 Å². The summed E-state index contributed by atoms with van der Waals surface area (Å²) in [6.07, 6.45) is 2.22. The molecule has 0 heterocycles. The van der Waals surface area contributed by atoms with E-state index < -0.39 is 0 Å². The zero-order valence-corrected chi connectivity index (χ0v) is 8.23. The number of ketones is 2. The Balaban J connectivity index is 2.00. The van der Waals surface area contributed by atoms with Gasteiger partial charge >= 0.3 is 0 Å². The molecule has 0 radical (unpaired) electrons. The van der Waals surface area contributed by atoms with Crippen LogP contribution in [0.1, 0.15) is 19.3 Å². The average Bonchev–Trinajstić information content (AvgIpc) is 2.16. The molecule has 0 aliphatic heterocycles. The highest BCUT2D eigenvalue weighted by molar-refractivity contribution is 5.96. The Bertz CT molecular complexity index is 282. The summed E-state index contributed by atoms with van der Waals surface area (Å²) < 4.78 is 5.33. The van der Waals surface area contributed by atoms with Crippen molar-refractivity contribution in [3.63, 3.8) is 0 Å². The molecule has 14 heavy (non-hydrogen) atoms. The van der Waals surface area contributed by atoms with E-state index in [0.29, 0.717) is 11.6 Å². The highest BCUT2D eigenvalue weighted by Gasteiger charge is 2.57. The van der Waals surface area contributed by atoms with Crippen LogP contribution in [0, 0.1) is 23.7 Å². The molecule has 4 rings (SSSR count). The molecule has 0 amide bonds. The Morgan fingerprint density at radius 2 is 1.50 bits per heavy atom. The summed E-state index contributed by atoms with van der Waals surface area (Å²) in [5, 5.41) is 0. The Kier molecular flexibility index (Phi) is 1.63. The maximum absolute atomic E-state index is 11.9. The lowest BCUT2D eigenvalue weighted by atomic mass is 9.54. The first kappa shape index (κ1) is 8.60. The first-order valence-corrected chi connectivity index (χ1v) is 5.32. The molecule has 76 valence electrons. The molecule has 0 saturated heterocycles. The third kappa shape index (κ3) is 0.862. The predicted molar refractivity (Wildman–Crippen MR) is 48.6 cm³/mol. The van der Waals surface area contributed by atoms with E-state index >= 15 is 0 Å². The zero-order chi connectivity index (χ0) is 9.87. The zero-order valence-electron chi connectivity index (χ0n) is 8.23. The second kappa shape index (κ2) is 2.66. The molecule has 4 aliphatic carbocycles. The van der Waals surface area contributed by atoms with Crippen LogP contribution in [0.3, 0.4) is 0 Å². The van der Waals surface area contributed by atoms with Gasteiger partial charge in [0, 0.05) is 30.8 Å². The molecule has 3 nitrogen and oxygen atoms in total. The van der Waals surface area contributed by atoms with Gasteiger partial charge in [0.15, 0.2) is 0 Å². The Hall–Kier alpha value is -0.700. The van der Waals surface area contributed by atoms with Crippen LogP contribution < -0.4 is 0 Å². The van der Waals surface area contributed by atoms with Gasteiger partial charge in [-0.2, -0.15) is 0 Å². The van der Waals surface area contributed by atoms with Gasteiger partial charge in [0.25, 0.3) is 0 Å². The molecule has 4 fully saturated rings. The van der Waals surface area contributed by atoms with E-state index in [1.807, 2.05) is 0 Å². The maximum atomic E-state index is 11.9. The number of hydrogen-bond acceptors (Lipinski definition) is 3. The van der Waals surface area contributed by atoms with Gasteiger partial charge in [-0.3, -0.25) is 9.59 Å². The number of methoxy groups -OCH3 is 1. The summed E-state index contributed by atoms with van der Waals surface area (Å²) in [6.45, 7) is 0. The van der Waals surface area contributed by atoms with E-state index in [-0.39, 0.29) is 29.8 Å². The largest absolute Gasteiger partial charge is 0.380 e. The fourth-order valence-electron chi connectivity index (χ4n) is 3.65. The van der Waals surface area contributed by atoms with Crippen LogP contribution >= 0.6 is 0 Å². The molecule has 0 aromatic rings. The molecule has 0 aromatic carbocycles. The van der Waals surface area contributed by atoms with Gasteiger partial charge in [0.05, 0.1) is 6.10 Å². The van der Waals surface area contributed by atoms with Crippen LogP contribution in [-0.4, -0.2) is 24.8 Å². The molecule has 4 aliphatic rings. The third-order valence-corrected chi connectivity index (χ3v) is 4.25. The minimum Gasteiger partial charge on any atom is -0.380 e. The van der Waals surface area contributed by atoms with Crippen LogP contribution in [0.5, 0.6) is 0 Å². The van der Waals surface area contributed by atoms with Crippen LogP contribution in [-0.2, 0) is 14.3 Å².